The minimum Gasteiger partial charge on any atom is -0.462 e. The SMILES string of the molecule is CCc1ccccc1[C@@H](C)C[C@]1(O)[C@@H](C)CC[C@]2(OC(=O)O)C3C[C@H](OC(C)O)[C@](C)(C(C)OC(C)=O)[C@@H](O)[C@]3(C)C(OC)C[C@]21C. The van der Waals surface area contributed by atoms with Crippen LogP contribution in [0.5, 0.6) is 0 Å². The highest BCUT2D eigenvalue weighted by molar-refractivity contribution is 5.66. The Morgan fingerprint density at radius 2 is 1.72 bits per heavy atom. The van der Waals surface area contributed by atoms with E-state index in [2.05, 4.69) is 26.0 Å². The van der Waals surface area contributed by atoms with Crippen molar-refractivity contribution in [1.82, 2.24) is 0 Å². The van der Waals surface area contributed by atoms with Crippen LogP contribution in [0.2, 0.25) is 0 Å². The van der Waals surface area contributed by atoms with Crippen LogP contribution in [-0.2, 0) is 30.2 Å². The number of carbonyl (C=O) groups is 2. The summed E-state index contributed by atoms with van der Waals surface area (Å²) in [5.41, 5.74) is -4.01. The molecule has 0 radical (unpaired) electrons. The summed E-state index contributed by atoms with van der Waals surface area (Å²) in [5, 5.41) is 46.7. The lowest BCUT2D eigenvalue weighted by Crippen LogP contribution is -2.81. The molecule has 0 amide bonds. The Hall–Kier alpha value is -2.24. The lowest BCUT2D eigenvalue weighted by Gasteiger charge is -2.73. The predicted octanol–water partition coefficient (Wildman–Crippen LogP) is 5.83. The van der Waals surface area contributed by atoms with Gasteiger partial charge in [0.05, 0.1) is 29.3 Å². The second kappa shape index (κ2) is 13.2. The normalized spacial score (nSPS) is 41.9. The van der Waals surface area contributed by atoms with Crippen LogP contribution in [-0.4, -0.2) is 81.6 Å². The number of aliphatic hydroxyl groups excluding tert-OH is 2. The zero-order chi connectivity index (χ0) is 35.3. The van der Waals surface area contributed by atoms with Crippen LogP contribution in [0, 0.1) is 28.1 Å². The van der Waals surface area contributed by atoms with E-state index < -0.39 is 76.2 Å². The Labute approximate surface area is 280 Å². The van der Waals surface area contributed by atoms with E-state index in [9.17, 15) is 30.0 Å². The van der Waals surface area contributed by atoms with Gasteiger partial charge >= 0.3 is 12.1 Å². The summed E-state index contributed by atoms with van der Waals surface area (Å²) in [6, 6.07) is 8.22. The first kappa shape index (κ1) is 37.6. The van der Waals surface area contributed by atoms with Gasteiger partial charge in [-0.1, -0.05) is 65.8 Å². The van der Waals surface area contributed by atoms with Gasteiger partial charge in [0, 0.05) is 30.8 Å². The standard InChI is InChI=1S/C37H58O10/c1-11-26-14-12-13-15-27(26)21(2)19-36(43)22(3)16-17-37(47-32(41)42)28-18-29(46-25(6)39)34(8,23(4)45-24(5)38)31(40)35(28,9)30(44-10)20-33(36,37)7/h12-15,21-23,25,28-31,39-40,43H,11,16-20H2,1-10H3,(H,41,42)/t21-,22-,23?,25?,28?,29-,30?,31+,33-,34-,35-,36-,37-/m0/s1. The number of benzene rings is 1. The van der Waals surface area contributed by atoms with E-state index in [1.165, 1.54) is 19.4 Å². The van der Waals surface area contributed by atoms with Gasteiger partial charge in [-0.15, -0.1) is 0 Å². The van der Waals surface area contributed by atoms with Gasteiger partial charge < -0.3 is 39.4 Å². The number of hydrogen-bond acceptors (Lipinski definition) is 9. The molecule has 3 saturated carbocycles. The highest BCUT2D eigenvalue weighted by atomic mass is 16.7. The first-order valence-corrected chi connectivity index (χ1v) is 17.2. The molecule has 0 saturated heterocycles. The molecule has 0 aliphatic heterocycles. The van der Waals surface area contributed by atoms with Crippen LogP contribution in [0.25, 0.3) is 0 Å². The average Bonchev–Trinajstić information content (AvgIpc) is 2.99. The third-order valence-corrected chi connectivity index (χ3v) is 13.3. The van der Waals surface area contributed by atoms with Crippen LogP contribution in [0.1, 0.15) is 111 Å². The van der Waals surface area contributed by atoms with Crippen LogP contribution in [0.4, 0.5) is 4.79 Å². The second-order valence-electron chi connectivity index (χ2n) is 15.4. The number of esters is 1. The number of fused-ring (bicyclic) bond motifs is 3. The second-order valence-corrected chi connectivity index (χ2v) is 15.4. The maximum absolute atomic E-state index is 13.2. The van der Waals surface area contributed by atoms with Crippen molar-refractivity contribution in [3.63, 3.8) is 0 Å². The maximum Gasteiger partial charge on any atom is 0.506 e. The summed E-state index contributed by atoms with van der Waals surface area (Å²) in [7, 11) is 1.57. The number of rotatable bonds is 10. The van der Waals surface area contributed by atoms with Crippen molar-refractivity contribution in [2.45, 2.75) is 149 Å². The van der Waals surface area contributed by atoms with Crippen molar-refractivity contribution < 1.29 is 49.0 Å². The van der Waals surface area contributed by atoms with E-state index in [1.807, 2.05) is 32.9 Å². The predicted molar refractivity (Wildman–Crippen MR) is 176 cm³/mol. The molecule has 0 bridgehead atoms. The third kappa shape index (κ3) is 5.69. The van der Waals surface area contributed by atoms with Crippen molar-refractivity contribution >= 4 is 12.1 Å². The first-order valence-electron chi connectivity index (χ1n) is 17.2. The summed E-state index contributed by atoms with van der Waals surface area (Å²) in [6.45, 7) is 16.3. The van der Waals surface area contributed by atoms with Gasteiger partial charge in [0.2, 0.25) is 0 Å². The smallest absolute Gasteiger partial charge is 0.462 e. The minimum atomic E-state index is -1.46. The summed E-state index contributed by atoms with van der Waals surface area (Å²) < 4.78 is 24.2. The quantitative estimate of drug-likeness (QED) is 0.178. The molecule has 47 heavy (non-hydrogen) atoms. The number of hydrogen-bond donors (Lipinski definition) is 4. The topological polar surface area (TPSA) is 152 Å². The Morgan fingerprint density at radius 3 is 2.28 bits per heavy atom. The molecule has 4 rings (SSSR count). The lowest BCUT2D eigenvalue weighted by atomic mass is 9.35. The fraction of sp³-hybridized carbons (Fsp3) is 0.784. The van der Waals surface area contributed by atoms with Crippen LogP contribution >= 0.6 is 0 Å². The van der Waals surface area contributed by atoms with Gasteiger partial charge in [0.15, 0.2) is 6.29 Å². The van der Waals surface area contributed by atoms with Crippen LogP contribution < -0.4 is 0 Å². The fourth-order valence-electron chi connectivity index (χ4n) is 10.6. The molecule has 4 unspecified atom stereocenters. The Kier molecular flexibility index (Phi) is 10.6. The highest BCUT2D eigenvalue weighted by Crippen LogP contribution is 2.72. The number of aliphatic hydroxyl groups is 3. The zero-order valence-electron chi connectivity index (χ0n) is 29.9. The molecular formula is C37H58O10. The lowest BCUT2D eigenvalue weighted by molar-refractivity contribution is -0.363. The Morgan fingerprint density at radius 1 is 1.09 bits per heavy atom. The van der Waals surface area contributed by atoms with E-state index in [0.717, 1.165) is 12.0 Å². The molecule has 1 aromatic carbocycles. The molecule has 0 heterocycles. The highest BCUT2D eigenvalue weighted by Gasteiger charge is 2.79. The first-order chi connectivity index (χ1) is 21.8. The summed E-state index contributed by atoms with van der Waals surface area (Å²) in [5.74, 6) is -1.49. The number of carbonyl (C=O) groups excluding carboxylic acids is 1. The number of ether oxygens (including phenoxy) is 4. The van der Waals surface area contributed by atoms with Crippen LogP contribution in [0.3, 0.4) is 0 Å². The zero-order valence-corrected chi connectivity index (χ0v) is 29.9. The molecule has 3 aliphatic carbocycles. The largest absolute Gasteiger partial charge is 0.506 e. The monoisotopic (exact) mass is 662 g/mol. The molecule has 1 aromatic rings. The molecular weight excluding hydrogens is 604 g/mol. The molecule has 0 aromatic heterocycles. The van der Waals surface area contributed by atoms with Gasteiger partial charge in [0.1, 0.15) is 11.7 Å². The van der Waals surface area contributed by atoms with E-state index in [1.54, 1.807) is 21.0 Å². The number of methoxy groups -OCH3 is 1. The van der Waals surface area contributed by atoms with Gasteiger partial charge in [-0.3, -0.25) is 4.79 Å². The molecule has 266 valence electrons. The third-order valence-electron chi connectivity index (χ3n) is 13.3. The molecule has 10 heteroatoms. The van der Waals surface area contributed by atoms with E-state index in [4.69, 9.17) is 18.9 Å². The number of carboxylic acid groups (broad SMARTS) is 1. The fourth-order valence-corrected chi connectivity index (χ4v) is 10.6. The molecule has 3 fully saturated rings. The molecule has 13 atom stereocenters. The Balaban J connectivity index is 1.95. The van der Waals surface area contributed by atoms with Crippen molar-refractivity contribution in [3.8, 4) is 0 Å². The summed E-state index contributed by atoms with van der Waals surface area (Å²) in [4.78, 5) is 24.9. The molecule has 0 spiro atoms. The van der Waals surface area contributed by atoms with Gasteiger partial charge in [-0.2, -0.15) is 0 Å². The average molecular weight is 663 g/mol. The molecule has 10 nitrogen and oxygen atoms in total. The van der Waals surface area contributed by atoms with Crippen molar-refractivity contribution in [3.05, 3.63) is 35.4 Å². The van der Waals surface area contributed by atoms with Crippen molar-refractivity contribution in [1.29, 1.82) is 0 Å². The minimum absolute atomic E-state index is 0.0542. The summed E-state index contributed by atoms with van der Waals surface area (Å²) in [6.07, 6.45) is -3.91. The summed E-state index contributed by atoms with van der Waals surface area (Å²) >= 11 is 0. The van der Waals surface area contributed by atoms with Gasteiger partial charge in [-0.05, 0) is 75.3 Å². The van der Waals surface area contributed by atoms with Gasteiger partial charge in [0.25, 0.3) is 0 Å². The van der Waals surface area contributed by atoms with Crippen molar-refractivity contribution in [2.24, 2.45) is 28.1 Å². The number of aryl methyl sites for hydroxylation is 1. The van der Waals surface area contributed by atoms with E-state index in [-0.39, 0.29) is 24.7 Å². The van der Waals surface area contributed by atoms with E-state index in [0.29, 0.717) is 19.3 Å². The van der Waals surface area contributed by atoms with Crippen molar-refractivity contribution in [2.75, 3.05) is 7.11 Å². The molecule has 3 aliphatic rings. The molecule has 4 N–H and O–H groups in total. The van der Waals surface area contributed by atoms with Crippen LogP contribution in [0.15, 0.2) is 24.3 Å². The maximum atomic E-state index is 13.2. The van der Waals surface area contributed by atoms with E-state index >= 15 is 0 Å². The Bertz CT molecular complexity index is 1300. The van der Waals surface area contributed by atoms with Gasteiger partial charge in [-0.25, -0.2) is 4.79 Å².